The SMILES string of the molecule is CCOC(C)c1noc(CNC(=NC)N(C)Cc2cn(C)nc2C(C)C)n1.I. The molecule has 0 fully saturated rings. The Morgan fingerprint density at radius 3 is 2.71 bits per heavy atom. The van der Waals surface area contributed by atoms with Crippen LogP contribution in [0.5, 0.6) is 0 Å². The van der Waals surface area contributed by atoms with Crippen LogP contribution in [0.2, 0.25) is 0 Å². The Kier molecular flexibility index (Phi) is 9.87. The highest BCUT2D eigenvalue weighted by Gasteiger charge is 2.17. The van der Waals surface area contributed by atoms with Crippen LogP contribution in [0.1, 0.15) is 62.7 Å². The summed E-state index contributed by atoms with van der Waals surface area (Å²) in [6.07, 6.45) is 1.87. The Hall–Kier alpha value is -1.69. The van der Waals surface area contributed by atoms with E-state index in [9.17, 15) is 0 Å². The first-order valence-electron chi connectivity index (χ1n) is 9.23. The van der Waals surface area contributed by atoms with Gasteiger partial charge in [-0.2, -0.15) is 10.1 Å². The number of aliphatic imine (C=N–C) groups is 1. The van der Waals surface area contributed by atoms with Crippen molar-refractivity contribution in [1.82, 2.24) is 30.1 Å². The molecule has 158 valence electrons. The van der Waals surface area contributed by atoms with Gasteiger partial charge in [-0.3, -0.25) is 9.67 Å². The van der Waals surface area contributed by atoms with Crippen LogP contribution < -0.4 is 5.32 Å². The fourth-order valence-electron chi connectivity index (χ4n) is 2.86. The molecule has 1 atom stereocenters. The van der Waals surface area contributed by atoms with Gasteiger partial charge in [0.1, 0.15) is 6.10 Å². The topological polar surface area (TPSA) is 93.6 Å². The molecule has 0 radical (unpaired) electrons. The summed E-state index contributed by atoms with van der Waals surface area (Å²) in [5.74, 6) is 2.16. The summed E-state index contributed by atoms with van der Waals surface area (Å²) >= 11 is 0. The lowest BCUT2D eigenvalue weighted by atomic mass is 10.1. The molecule has 2 aromatic rings. The van der Waals surface area contributed by atoms with Crippen molar-refractivity contribution in [2.45, 2.75) is 52.8 Å². The standard InChI is InChI=1S/C18H31N7O2.HI/c1-8-26-13(4)17-21-15(27-23-17)9-20-18(19-5)24(6)10-14-11-25(7)22-16(14)12(2)3;/h11-13H,8-10H2,1-7H3,(H,19,20);1H. The lowest BCUT2D eigenvalue weighted by Gasteiger charge is -2.21. The van der Waals surface area contributed by atoms with E-state index in [2.05, 4.69) is 45.6 Å². The van der Waals surface area contributed by atoms with E-state index in [1.54, 1.807) is 7.05 Å². The number of guanidine groups is 1. The molecule has 2 heterocycles. The molecule has 0 aliphatic heterocycles. The smallest absolute Gasteiger partial charge is 0.246 e. The predicted molar refractivity (Wildman–Crippen MR) is 119 cm³/mol. The normalized spacial score (nSPS) is 12.8. The van der Waals surface area contributed by atoms with Crippen molar-refractivity contribution >= 4 is 29.9 Å². The Balaban J connectivity index is 0.00000392. The minimum absolute atomic E-state index is 0. The summed E-state index contributed by atoms with van der Waals surface area (Å²) in [4.78, 5) is 10.8. The molecule has 1 N–H and O–H groups in total. The molecule has 28 heavy (non-hydrogen) atoms. The van der Waals surface area contributed by atoms with Crippen LogP contribution in [-0.4, -0.2) is 51.5 Å². The number of hydrogen-bond donors (Lipinski definition) is 1. The van der Waals surface area contributed by atoms with Gasteiger partial charge in [-0.15, -0.1) is 24.0 Å². The summed E-state index contributed by atoms with van der Waals surface area (Å²) in [6.45, 7) is 9.84. The molecule has 0 saturated heterocycles. The van der Waals surface area contributed by atoms with E-state index < -0.39 is 0 Å². The Bertz CT molecular complexity index is 757. The summed E-state index contributed by atoms with van der Waals surface area (Å²) in [6, 6.07) is 0. The van der Waals surface area contributed by atoms with Crippen molar-refractivity contribution in [3.05, 3.63) is 29.2 Å². The van der Waals surface area contributed by atoms with Gasteiger partial charge in [0.15, 0.2) is 11.8 Å². The zero-order valence-electron chi connectivity index (χ0n) is 17.8. The number of hydrogen-bond acceptors (Lipinski definition) is 6. The lowest BCUT2D eigenvalue weighted by molar-refractivity contribution is 0.0683. The fraction of sp³-hybridized carbons (Fsp3) is 0.667. The molecule has 0 spiro atoms. The molecule has 2 rings (SSSR count). The van der Waals surface area contributed by atoms with Crippen molar-refractivity contribution < 1.29 is 9.26 Å². The molecular weight excluding hydrogens is 473 g/mol. The van der Waals surface area contributed by atoms with E-state index >= 15 is 0 Å². The minimum atomic E-state index is -0.186. The summed E-state index contributed by atoms with van der Waals surface area (Å²) in [5, 5.41) is 11.8. The van der Waals surface area contributed by atoms with Crippen LogP contribution >= 0.6 is 24.0 Å². The second-order valence-electron chi connectivity index (χ2n) is 6.77. The highest BCUT2D eigenvalue weighted by molar-refractivity contribution is 14.0. The van der Waals surface area contributed by atoms with Gasteiger partial charge in [0, 0.05) is 46.1 Å². The lowest BCUT2D eigenvalue weighted by Crippen LogP contribution is -2.38. The largest absolute Gasteiger partial charge is 0.371 e. The molecule has 1 unspecified atom stereocenters. The van der Waals surface area contributed by atoms with E-state index in [1.807, 2.05) is 37.5 Å². The van der Waals surface area contributed by atoms with Crippen molar-refractivity contribution in [1.29, 1.82) is 0 Å². The summed E-state index contributed by atoms with van der Waals surface area (Å²) in [5.41, 5.74) is 2.29. The van der Waals surface area contributed by atoms with E-state index in [1.165, 1.54) is 5.56 Å². The molecule has 0 amide bonds. The maximum atomic E-state index is 5.48. The zero-order valence-corrected chi connectivity index (χ0v) is 20.1. The molecule has 0 saturated carbocycles. The minimum Gasteiger partial charge on any atom is -0.371 e. The zero-order chi connectivity index (χ0) is 20.0. The average molecular weight is 505 g/mol. The summed E-state index contributed by atoms with van der Waals surface area (Å²) in [7, 11) is 5.68. The molecule has 0 aliphatic rings. The fourth-order valence-corrected chi connectivity index (χ4v) is 2.86. The van der Waals surface area contributed by atoms with E-state index in [0.29, 0.717) is 37.3 Å². The van der Waals surface area contributed by atoms with Crippen molar-refractivity contribution in [2.75, 3.05) is 20.7 Å². The van der Waals surface area contributed by atoms with Crippen LogP contribution in [0.3, 0.4) is 0 Å². The van der Waals surface area contributed by atoms with Gasteiger partial charge in [0.2, 0.25) is 5.89 Å². The van der Waals surface area contributed by atoms with E-state index in [0.717, 1.165) is 11.7 Å². The first-order chi connectivity index (χ1) is 12.8. The molecular formula is C18H32IN7O2. The van der Waals surface area contributed by atoms with Gasteiger partial charge in [0.05, 0.1) is 12.2 Å². The van der Waals surface area contributed by atoms with Crippen LogP contribution in [0.4, 0.5) is 0 Å². The Morgan fingerprint density at radius 1 is 1.39 bits per heavy atom. The molecule has 0 bridgehead atoms. The molecule has 9 nitrogen and oxygen atoms in total. The molecule has 10 heteroatoms. The number of nitrogens with one attached hydrogen (secondary N) is 1. The molecule has 2 aromatic heterocycles. The maximum Gasteiger partial charge on any atom is 0.246 e. The van der Waals surface area contributed by atoms with Gasteiger partial charge in [-0.25, -0.2) is 0 Å². The molecule has 0 aliphatic carbocycles. The van der Waals surface area contributed by atoms with Gasteiger partial charge in [-0.05, 0) is 19.8 Å². The van der Waals surface area contributed by atoms with Crippen molar-refractivity contribution in [3.8, 4) is 0 Å². The number of rotatable bonds is 8. The second-order valence-corrected chi connectivity index (χ2v) is 6.77. The van der Waals surface area contributed by atoms with Crippen LogP contribution in [0.25, 0.3) is 0 Å². The van der Waals surface area contributed by atoms with E-state index in [4.69, 9.17) is 9.26 Å². The third kappa shape index (κ3) is 6.43. The maximum absolute atomic E-state index is 5.48. The van der Waals surface area contributed by atoms with Crippen molar-refractivity contribution in [2.24, 2.45) is 12.0 Å². The van der Waals surface area contributed by atoms with Crippen LogP contribution in [-0.2, 0) is 24.9 Å². The van der Waals surface area contributed by atoms with Gasteiger partial charge in [0.25, 0.3) is 0 Å². The predicted octanol–water partition coefficient (Wildman–Crippen LogP) is 2.85. The average Bonchev–Trinajstić information content (AvgIpc) is 3.22. The molecule has 0 aromatic carbocycles. The van der Waals surface area contributed by atoms with Gasteiger partial charge < -0.3 is 19.5 Å². The first kappa shape index (κ1) is 24.3. The van der Waals surface area contributed by atoms with Crippen LogP contribution in [0.15, 0.2) is 15.7 Å². The Labute approximate surface area is 183 Å². The number of aromatic nitrogens is 4. The van der Waals surface area contributed by atoms with Crippen molar-refractivity contribution in [3.63, 3.8) is 0 Å². The quantitative estimate of drug-likeness (QED) is 0.335. The third-order valence-electron chi connectivity index (χ3n) is 4.13. The second kappa shape index (κ2) is 11.3. The van der Waals surface area contributed by atoms with E-state index in [-0.39, 0.29) is 30.1 Å². The highest BCUT2D eigenvalue weighted by atomic mass is 127. The number of nitrogens with zero attached hydrogens (tertiary/aromatic N) is 6. The Morgan fingerprint density at radius 2 is 2.11 bits per heavy atom. The number of ether oxygens (including phenoxy) is 1. The van der Waals surface area contributed by atoms with Gasteiger partial charge >= 0.3 is 0 Å². The van der Waals surface area contributed by atoms with Crippen LogP contribution in [0, 0.1) is 0 Å². The number of halogens is 1. The number of aryl methyl sites for hydroxylation is 1. The highest BCUT2D eigenvalue weighted by Crippen LogP contribution is 2.18. The first-order valence-corrected chi connectivity index (χ1v) is 9.23. The third-order valence-corrected chi connectivity index (χ3v) is 4.13. The summed E-state index contributed by atoms with van der Waals surface area (Å²) < 4.78 is 12.6. The van der Waals surface area contributed by atoms with Gasteiger partial charge in [-0.1, -0.05) is 19.0 Å². The monoisotopic (exact) mass is 505 g/mol.